The number of amides is 1. The first-order chi connectivity index (χ1) is 10.7. The summed E-state index contributed by atoms with van der Waals surface area (Å²) in [6, 6.07) is 10.9. The van der Waals surface area contributed by atoms with Crippen LogP contribution in [-0.2, 0) is 4.74 Å². The van der Waals surface area contributed by atoms with E-state index in [4.69, 9.17) is 4.74 Å². The predicted octanol–water partition coefficient (Wildman–Crippen LogP) is 3.25. The van der Waals surface area contributed by atoms with E-state index in [1.165, 1.54) is 5.56 Å². The fourth-order valence-electron chi connectivity index (χ4n) is 2.77. The van der Waals surface area contributed by atoms with E-state index in [1.807, 2.05) is 17.9 Å². The summed E-state index contributed by atoms with van der Waals surface area (Å²) in [4.78, 5) is 15.9. The topological polar surface area (TPSA) is 32.8 Å². The molecule has 1 aliphatic rings. The highest BCUT2D eigenvalue weighted by Gasteiger charge is 2.25. The van der Waals surface area contributed by atoms with Crippen LogP contribution in [0.5, 0.6) is 0 Å². The van der Waals surface area contributed by atoms with Gasteiger partial charge in [-0.3, -0.25) is 4.90 Å². The van der Waals surface area contributed by atoms with E-state index in [-0.39, 0.29) is 6.09 Å². The average molecular weight is 302 g/mol. The van der Waals surface area contributed by atoms with Gasteiger partial charge in [0.15, 0.2) is 0 Å². The Morgan fingerprint density at radius 1 is 1.32 bits per heavy atom. The van der Waals surface area contributed by atoms with E-state index in [2.05, 4.69) is 48.4 Å². The third-order valence-corrected chi connectivity index (χ3v) is 4.12. The van der Waals surface area contributed by atoms with Crippen LogP contribution in [0.3, 0.4) is 0 Å². The van der Waals surface area contributed by atoms with Gasteiger partial charge in [0, 0.05) is 25.7 Å². The molecule has 0 saturated carbocycles. The molecular weight excluding hydrogens is 276 g/mol. The van der Waals surface area contributed by atoms with Crippen LogP contribution < -0.4 is 0 Å². The van der Waals surface area contributed by atoms with E-state index in [9.17, 15) is 4.79 Å². The van der Waals surface area contributed by atoms with Gasteiger partial charge in [-0.05, 0) is 32.4 Å². The number of nitrogens with zero attached hydrogens (tertiary/aromatic N) is 2. The molecule has 1 aromatic carbocycles. The first kappa shape index (κ1) is 16.6. The second kappa shape index (κ2) is 8.59. The lowest BCUT2D eigenvalue weighted by Crippen LogP contribution is -2.45. The second-order valence-electron chi connectivity index (χ2n) is 5.67. The standard InChI is InChI=1S/C18H26N2O2/c1-3-22-18(21)20-14-11-17(12-15-20)19(2)13-7-10-16-8-5-4-6-9-16/h4-10,17H,3,11-15H2,1-2H3. The summed E-state index contributed by atoms with van der Waals surface area (Å²) in [5.74, 6) is 0. The number of hydrogen-bond donors (Lipinski definition) is 0. The molecule has 0 unspecified atom stereocenters. The number of rotatable bonds is 5. The van der Waals surface area contributed by atoms with Gasteiger partial charge in [-0.2, -0.15) is 0 Å². The zero-order chi connectivity index (χ0) is 15.8. The Hall–Kier alpha value is -1.81. The lowest BCUT2D eigenvalue weighted by atomic mass is 10.0. The van der Waals surface area contributed by atoms with Crippen molar-refractivity contribution in [3.05, 3.63) is 42.0 Å². The van der Waals surface area contributed by atoms with Crippen molar-refractivity contribution in [3.63, 3.8) is 0 Å². The molecule has 1 heterocycles. The van der Waals surface area contributed by atoms with Crippen LogP contribution in [0.25, 0.3) is 6.08 Å². The number of hydrogen-bond acceptors (Lipinski definition) is 3. The highest BCUT2D eigenvalue weighted by Crippen LogP contribution is 2.16. The monoisotopic (exact) mass is 302 g/mol. The van der Waals surface area contributed by atoms with Gasteiger partial charge >= 0.3 is 6.09 Å². The molecule has 4 heteroatoms. The lowest BCUT2D eigenvalue weighted by Gasteiger charge is -2.35. The van der Waals surface area contributed by atoms with Gasteiger partial charge in [0.25, 0.3) is 0 Å². The largest absolute Gasteiger partial charge is 0.450 e. The quantitative estimate of drug-likeness (QED) is 0.837. The van der Waals surface area contributed by atoms with Gasteiger partial charge in [0.1, 0.15) is 0 Å². The third kappa shape index (κ3) is 4.88. The molecule has 0 bridgehead atoms. The molecule has 0 spiro atoms. The fraction of sp³-hybridized carbons (Fsp3) is 0.500. The molecule has 4 nitrogen and oxygen atoms in total. The van der Waals surface area contributed by atoms with Gasteiger partial charge in [-0.15, -0.1) is 0 Å². The lowest BCUT2D eigenvalue weighted by molar-refractivity contribution is 0.0829. The van der Waals surface area contributed by atoms with Gasteiger partial charge in [-0.25, -0.2) is 4.79 Å². The molecule has 0 aromatic heterocycles. The second-order valence-corrected chi connectivity index (χ2v) is 5.67. The van der Waals surface area contributed by atoms with E-state index in [0.717, 1.165) is 32.5 Å². The minimum absolute atomic E-state index is 0.174. The maximum absolute atomic E-state index is 11.7. The number of ether oxygens (including phenoxy) is 1. The molecule has 22 heavy (non-hydrogen) atoms. The SMILES string of the molecule is CCOC(=O)N1CCC(N(C)CC=Cc2ccccc2)CC1. The molecule has 1 aromatic rings. The van der Waals surface area contributed by atoms with Crippen molar-refractivity contribution < 1.29 is 9.53 Å². The van der Waals surface area contributed by atoms with E-state index >= 15 is 0 Å². The molecule has 1 fully saturated rings. The zero-order valence-electron chi connectivity index (χ0n) is 13.6. The Morgan fingerprint density at radius 3 is 2.64 bits per heavy atom. The van der Waals surface area contributed by atoms with Crippen molar-refractivity contribution in [1.82, 2.24) is 9.80 Å². The van der Waals surface area contributed by atoms with Crippen LogP contribution in [0.2, 0.25) is 0 Å². The summed E-state index contributed by atoms with van der Waals surface area (Å²) < 4.78 is 5.05. The van der Waals surface area contributed by atoms with Gasteiger partial charge in [0.05, 0.1) is 6.61 Å². The Labute approximate surface area is 133 Å². The Morgan fingerprint density at radius 2 is 2.00 bits per heavy atom. The van der Waals surface area contributed by atoms with Crippen LogP contribution in [-0.4, -0.2) is 55.2 Å². The molecule has 0 aliphatic carbocycles. The number of carbonyl (C=O) groups is 1. The average Bonchev–Trinajstić information content (AvgIpc) is 2.56. The summed E-state index contributed by atoms with van der Waals surface area (Å²) in [5, 5.41) is 0. The minimum Gasteiger partial charge on any atom is -0.450 e. The summed E-state index contributed by atoms with van der Waals surface area (Å²) in [5.41, 5.74) is 1.23. The van der Waals surface area contributed by atoms with Crippen molar-refractivity contribution in [2.45, 2.75) is 25.8 Å². The number of piperidine rings is 1. The van der Waals surface area contributed by atoms with Crippen LogP contribution in [0.1, 0.15) is 25.3 Å². The summed E-state index contributed by atoms with van der Waals surface area (Å²) in [6.07, 6.45) is 6.20. The third-order valence-electron chi connectivity index (χ3n) is 4.12. The Bertz CT molecular complexity index is 479. The van der Waals surface area contributed by atoms with E-state index < -0.39 is 0 Å². The molecule has 1 amide bonds. The minimum atomic E-state index is -0.174. The highest BCUT2D eigenvalue weighted by atomic mass is 16.6. The van der Waals surface area contributed by atoms with Crippen molar-refractivity contribution in [2.75, 3.05) is 33.3 Å². The molecular formula is C18H26N2O2. The fourth-order valence-corrected chi connectivity index (χ4v) is 2.77. The normalized spacial score (nSPS) is 16.4. The molecule has 2 rings (SSSR count). The molecule has 0 atom stereocenters. The molecule has 1 aliphatic heterocycles. The Balaban J connectivity index is 1.74. The predicted molar refractivity (Wildman–Crippen MR) is 89.7 cm³/mol. The molecule has 120 valence electrons. The highest BCUT2D eigenvalue weighted by molar-refractivity contribution is 5.67. The number of likely N-dealkylation sites (tertiary alicyclic amines) is 1. The van der Waals surface area contributed by atoms with Crippen LogP contribution in [0.4, 0.5) is 4.79 Å². The molecule has 1 saturated heterocycles. The summed E-state index contributed by atoms with van der Waals surface area (Å²) in [6.45, 7) is 4.80. The van der Waals surface area contributed by atoms with E-state index in [0.29, 0.717) is 12.6 Å². The van der Waals surface area contributed by atoms with Crippen molar-refractivity contribution in [1.29, 1.82) is 0 Å². The number of likely N-dealkylation sites (N-methyl/N-ethyl adjacent to an activating group) is 1. The maximum Gasteiger partial charge on any atom is 0.409 e. The van der Waals surface area contributed by atoms with Crippen LogP contribution >= 0.6 is 0 Å². The van der Waals surface area contributed by atoms with E-state index in [1.54, 1.807) is 0 Å². The smallest absolute Gasteiger partial charge is 0.409 e. The number of carbonyl (C=O) groups excluding carboxylic acids is 1. The van der Waals surface area contributed by atoms with Gasteiger partial charge < -0.3 is 9.64 Å². The van der Waals surface area contributed by atoms with Crippen LogP contribution in [0.15, 0.2) is 36.4 Å². The maximum atomic E-state index is 11.7. The van der Waals surface area contributed by atoms with Crippen molar-refractivity contribution in [3.8, 4) is 0 Å². The number of benzene rings is 1. The first-order valence-electron chi connectivity index (χ1n) is 8.04. The first-order valence-corrected chi connectivity index (χ1v) is 8.04. The van der Waals surface area contributed by atoms with Gasteiger partial charge in [-0.1, -0.05) is 42.5 Å². The van der Waals surface area contributed by atoms with Crippen molar-refractivity contribution in [2.24, 2.45) is 0 Å². The zero-order valence-corrected chi connectivity index (χ0v) is 13.6. The Kier molecular flexibility index (Phi) is 6.46. The van der Waals surface area contributed by atoms with Crippen LogP contribution in [0, 0.1) is 0 Å². The molecule has 0 radical (unpaired) electrons. The summed E-state index contributed by atoms with van der Waals surface area (Å²) in [7, 11) is 2.15. The van der Waals surface area contributed by atoms with Crippen molar-refractivity contribution >= 4 is 12.2 Å². The van der Waals surface area contributed by atoms with Gasteiger partial charge in [0.2, 0.25) is 0 Å². The molecule has 0 N–H and O–H groups in total. The summed E-state index contributed by atoms with van der Waals surface area (Å²) >= 11 is 0.